The number of methoxy groups -OCH3 is 1. The van der Waals surface area contributed by atoms with E-state index in [1.54, 1.807) is 29.1 Å². The number of hydrogen-bond acceptors (Lipinski definition) is 8. The Kier molecular flexibility index (Phi) is 13.4. The molecule has 348 valence electrons. The lowest BCUT2D eigenvalue weighted by Crippen LogP contribution is -2.51. The van der Waals surface area contributed by atoms with Crippen molar-refractivity contribution in [1.29, 1.82) is 0 Å². The monoisotopic (exact) mass is 913 g/mol. The molecule has 68 heavy (non-hydrogen) atoms. The van der Waals surface area contributed by atoms with E-state index in [9.17, 15) is 24.3 Å². The van der Waals surface area contributed by atoms with Gasteiger partial charge in [0.1, 0.15) is 23.7 Å². The molecule has 15 nitrogen and oxygen atoms in total. The van der Waals surface area contributed by atoms with Gasteiger partial charge in [-0.15, -0.1) is 0 Å². The number of rotatable bonds is 10. The van der Waals surface area contributed by atoms with Crippen LogP contribution in [0.1, 0.15) is 104 Å². The third-order valence-electron chi connectivity index (χ3n) is 13.2. The molecule has 5 N–H and O–H groups in total. The molecule has 15 heteroatoms. The van der Waals surface area contributed by atoms with Crippen molar-refractivity contribution >= 4 is 23.9 Å². The Bertz CT molecular complexity index is 2790. The number of carbonyl (C=O) groups is 4. The molecule has 0 radical (unpaired) electrons. The van der Waals surface area contributed by atoms with Crippen LogP contribution in [-0.4, -0.2) is 103 Å². The van der Waals surface area contributed by atoms with Gasteiger partial charge in [0.05, 0.1) is 48.6 Å². The first-order chi connectivity index (χ1) is 33.0. The number of aliphatic hydroxyl groups is 1. The predicted octanol–water partition coefficient (Wildman–Crippen LogP) is 7.59. The molecule has 3 fully saturated rings. The number of H-pyrrole nitrogens is 2. The molecular weight excluding hydrogens is 859 g/mol. The molecule has 4 aromatic carbocycles. The molecule has 6 aromatic rings. The number of aromatic nitrogens is 4. The molecule has 0 unspecified atom stereocenters. The summed E-state index contributed by atoms with van der Waals surface area (Å²) in [5, 5.41) is 16.1. The summed E-state index contributed by atoms with van der Waals surface area (Å²) in [6.07, 6.45) is 6.95. The van der Waals surface area contributed by atoms with E-state index in [1.807, 2.05) is 114 Å². The van der Waals surface area contributed by atoms with E-state index < -0.39 is 23.8 Å². The van der Waals surface area contributed by atoms with Crippen molar-refractivity contribution < 1.29 is 29.0 Å². The SMILES string of the molecule is COC(=O)N[C@@H](C(=O)N1CCC[C@H]1c1ncc(-c2ccc(C#Cc3ccc(-c4cnc([C@@H]5CCCN5C(=O)[C@H](NC(=O)N5CCC(C)(O)CC5)c5ccccc5)[nH]4)cc3)cc2)[nH]1)c1ccccc1. The van der Waals surface area contributed by atoms with Gasteiger partial charge in [0.2, 0.25) is 5.91 Å². The van der Waals surface area contributed by atoms with Crippen LogP contribution in [0.15, 0.2) is 122 Å². The molecule has 3 aliphatic rings. The molecule has 4 atom stereocenters. The Hall–Kier alpha value is -7.70. The maximum Gasteiger partial charge on any atom is 0.407 e. The first kappa shape index (κ1) is 45.5. The lowest BCUT2D eigenvalue weighted by molar-refractivity contribution is -0.135. The molecule has 0 aliphatic carbocycles. The summed E-state index contributed by atoms with van der Waals surface area (Å²) in [5.41, 5.74) is 5.78. The molecule has 9 rings (SSSR count). The molecule has 5 amide bonds. The summed E-state index contributed by atoms with van der Waals surface area (Å²) < 4.78 is 4.83. The molecule has 0 saturated carbocycles. The quantitative estimate of drug-likeness (QED) is 0.0870. The van der Waals surface area contributed by atoms with Gasteiger partial charge in [-0.2, -0.15) is 0 Å². The maximum absolute atomic E-state index is 14.3. The van der Waals surface area contributed by atoms with Gasteiger partial charge in [0.15, 0.2) is 0 Å². The first-order valence-electron chi connectivity index (χ1n) is 23.2. The van der Waals surface area contributed by atoms with E-state index in [1.165, 1.54) is 7.11 Å². The number of likely N-dealkylation sites (tertiary alicyclic amines) is 3. The van der Waals surface area contributed by atoms with E-state index in [0.29, 0.717) is 61.8 Å². The van der Waals surface area contributed by atoms with E-state index in [-0.39, 0.29) is 29.9 Å². The third-order valence-corrected chi connectivity index (χ3v) is 13.2. The minimum absolute atomic E-state index is 0.186. The Labute approximate surface area is 395 Å². The Morgan fingerprint density at radius 3 is 1.54 bits per heavy atom. The van der Waals surface area contributed by atoms with Crippen LogP contribution < -0.4 is 10.6 Å². The summed E-state index contributed by atoms with van der Waals surface area (Å²) >= 11 is 0. The number of carbonyl (C=O) groups excluding carboxylic acids is 4. The van der Waals surface area contributed by atoms with Crippen molar-refractivity contribution in [3.8, 4) is 34.4 Å². The number of piperidine rings is 1. The van der Waals surface area contributed by atoms with Crippen LogP contribution in [0.5, 0.6) is 0 Å². The zero-order valence-electron chi connectivity index (χ0n) is 38.2. The van der Waals surface area contributed by atoms with Gasteiger partial charge in [-0.3, -0.25) is 9.59 Å². The zero-order valence-corrected chi connectivity index (χ0v) is 38.2. The number of ether oxygens (including phenoxy) is 1. The number of urea groups is 1. The van der Waals surface area contributed by atoms with Crippen LogP contribution in [0.4, 0.5) is 9.59 Å². The van der Waals surface area contributed by atoms with Gasteiger partial charge in [0, 0.05) is 37.3 Å². The van der Waals surface area contributed by atoms with E-state index in [4.69, 9.17) is 9.72 Å². The number of nitrogens with zero attached hydrogens (tertiary/aromatic N) is 5. The second-order valence-electron chi connectivity index (χ2n) is 17.9. The fourth-order valence-electron chi connectivity index (χ4n) is 9.33. The highest BCUT2D eigenvalue weighted by molar-refractivity contribution is 5.89. The smallest absolute Gasteiger partial charge is 0.407 e. The van der Waals surface area contributed by atoms with Crippen LogP contribution >= 0.6 is 0 Å². The lowest BCUT2D eigenvalue weighted by Gasteiger charge is -2.37. The van der Waals surface area contributed by atoms with Crippen molar-refractivity contribution in [3.63, 3.8) is 0 Å². The summed E-state index contributed by atoms with van der Waals surface area (Å²) in [7, 11) is 1.28. The van der Waals surface area contributed by atoms with Crippen LogP contribution in [0.25, 0.3) is 22.5 Å². The van der Waals surface area contributed by atoms with Gasteiger partial charge >= 0.3 is 12.1 Å². The van der Waals surface area contributed by atoms with E-state index >= 15 is 0 Å². The van der Waals surface area contributed by atoms with Crippen LogP contribution in [0, 0.1) is 11.8 Å². The molecule has 0 bridgehead atoms. The normalized spacial score (nSPS) is 18.5. The Morgan fingerprint density at radius 2 is 1.10 bits per heavy atom. The topological polar surface area (TPSA) is 189 Å². The highest BCUT2D eigenvalue weighted by Gasteiger charge is 2.39. The first-order valence-corrected chi connectivity index (χ1v) is 23.2. The minimum atomic E-state index is -0.890. The largest absolute Gasteiger partial charge is 0.453 e. The van der Waals surface area contributed by atoms with Gasteiger partial charge in [-0.05, 0) is 92.0 Å². The number of alkyl carbamates (subject to hydrolysis) is 1. The van der Waals surface area contributed by atoms with Crippen molar-refractivity contribution in [2.45, 2.75) is 75.2 Å². The second-order valence-corrected chi connectivity index (χ2v) is 17.9. The highest BCUT2D eigenvalue weighted by atomic mass is 16.5. The lowest BCUT2D eigenvalue weighted by atomic mass is 9.94. The minimum Gasteiger partial charge on any atom is -0.453 e. The molecule has 3 aliphatic heterocycles. The number of aromatic amines is 2. The summed E-state index contributed by atoms with van der Waals surface area (Å²) in [6.45, 7) is 3.71. The predicted molar refractivity (Wildman–Crippen MR) is 255 cm³/mol. The zero-order chi connectivity index (χ0) is 47.2. The van der Waals surface area contributed by atoms with Gasteiger partial charge in [-0.25, -0.2) is 19.6 Å². The van der Waals surface area contributed by atoms with E-state index in [0.717, 1.165) is 59.3 Å². The molecule has 5 heterocycles. The Morgan fingerprint density at radius 1 is 0.662 bits per heavy atom. The molecule has 3 saturated heterocycles. The van der Waals surface area contributed by atoms with Crippen LogP contribution in [0.3, 0.4) is 0 Å². The number of benzene rings is 4. The van der Waals surface area contributed by atoms with Gasteiger partial charge < -0.3 is 45.1 Å². The molecule has 0 spiro atoms. The van der Waals surface area contributed by atoms with Crippen LogP contribution in [-0.2, 0) is 14.3 Å². The molecule has 2 aromatic heterocycles. The summed E-state index contributed by atoms with van der Waals surface area (Å²) in [5.74, 6) is 7.50. The summed E-state index contributed by atoms with van der Waals surface area (Å²) in [4.78, 5) is 75.5. The highest BCUT2D eigenvalue weighted by Crippen LogP contribution is 2.36. The van der Waals surface area contributed by atoms with Crippen molar-refractivity contribution in [2.75, 3.05) is 33.3 Å². The number of imidazole rings is 2. The van der Waals surface area contributed by atoms with Gasteiger partial charge in [0.25, 0.3) is 5.91 Å². The van der Waals surface area contributed by atoms with Crippen LogP contribution in [0.2, 0.25) is 0 Å². The summed E-state index contributed by atoms with van der Waals surface area (Å²) in [6, 6.07) is 31.7. The fourth-order valence-corrected chi connectivity index (χ4v) is 9.33. The molecular formula is C53H55N9O6. The standard InChI is InChI=1S/C53H55N9O6/c1-53(67)27-31-60(32-28-53)51(65)58-45(39-11-5-3-6-12-39)49(63)61-29-9-15-43(61)47-54-33-41(56-47)37-23-19-35(20-24-37)17-18-36-21-25-38(26-22-36)42-34-55-48(57-42)44-16-10-30-62(44)50(64)46(59-52(66)68-2)40-13-7-4-8-14-40/h3-8,11-14,19-26,33-34,43-46,67H,9-10,15-16,27-32H2,1-2H3,(H,54,56)(H,55,57)(H,58,65)(H,59,66)/t43-,44-,45+,46+/m0/s1. The fraction of sp³-hybridized carbons (Fsp3) is 0.321. The van der Waals surface area contributed by atoms with Crippen molar-refractivity contribution in [2.24, 2.45) is 0 Å². The maximum atomic E-state index is 14.3. The number of amides is 5. The average Bonchev–Trinajstić information content (AvgIpc) is 4.23. The third kappa shape index (κ3) is 10.2. The van der Waals surface area contributed by atoms with Gasteiger partial charge in [-0.1, -0.05) is 96.8 Å². The Balaban J connectivity index is 0.826. The van der Waals surface area contributed by atoms with Crippen molar-refractivity contribution in [3.05, 3.63) is 155 Å². The average molecular weight is 914 g/mol. The number of hydrogen-bond donors (Lipinski definition) is 5. The van der Waals surface area contributed by atoms with E-state index in [2.05, 4.69) is 37.4 Å². The second kappa shape index (κ2) is 20.0. The van der Waals surface area contributed by atoms with Crippen molar-refractivity contribution in [1.82, 2.24) is 45.3 Å². The number of nitrogens with one attached hydrogen (secondary N) is 4.